The van der Waals surface area contributed by atoms with Crippen LogP contribution < -0.4 is 4.90 Å². The van der Waals surface area contributed by atoms with Gasteiger partial charge in [-0.3, -0.25) is 4.90 Å². The van der Waals surface area contributed by atoms with Crippen molar-refractivity contribution in [3.8, 4) is 0 Å². The predicted octanol–water partition coefficient (Wildman–Crippen LogP) is 4.14. The summed E-state index contributed by atoms with van der Waals surface area (Å²) in [5.41, 5.74) is 2.59. The van der Waals surface area contributed by atoms with Gasteiger partial charge in [-0.2, -0.15) is 0 Å². The molecule has 3 aromatic rings. The first-order valence-electron chi connectivity index (χ1n) is 9.80. The number of fused-ring (bicyclic) bond motifs is 1. The van der Waals surface area contributed by atoms with Gasteiger partial charge in [-0.15, -0.1) is 12.4 Å². The third kappa shape index (κ3) is 3.89. The number of rotatable bonds is 4. The van der Waals surface area contributed by atoms with Gasteiger partial charge in [-0.25, -0.2) is 12.4 Å². The van der Waals surface area contributed by atoms with Crippen LogP contribution in [0.5, 0.6) is 0 Å². The SMILES string of the molecule is Cc1ccccc1S(=O)(=O)n1ccc2c(N3CCN(C(C)C)CC3)cccc21.Cl. The fraction of sp³-hybridized carbons (Fsp3) is 0.364. The van der Waals surface area contributed by atoms with E-state index in [0.29, 0.717) is 10.9 Å². The topological polar surface area (TPSA) is 45.6 Å². The van der Waals surface area contributed by atoms with Crippen molar-refractivity contribution in [3.05, 3.63) is 60.3 Å². The summed E-state index contributed by atoms with van der Waals surface area (Å²) in [4.78, 5) is 5.19. The van der Waals surface area contributed by atoms with E-state index in [9.17, 15) is 8.42 Å². The van der Waals surface area contributed by atoms with Gasteiger partial charge in [0.2, 0.25) is 0 Å². The normalized spacial score (nSPS) is 15.7. The van der Waals surface area contributed by atoms with E-state index in [1.165, 1.54) is 3.97 Å². The van der Waals surface area contributed by atoms with E-state index in [2.05, 4.69) is 29.7 Å². The summed E-state index contributed by atoms with van der Waals surface area (Å²) in [5, 5.41) is 0.984. The largest absolute Gasteiger partial charge is 0.368 e. The Hall–Kier alpha value is -2.02. The Balaban J connectivity index is 0.00000240. The lowest BCUT2D eigenvalue weighted by Crippen LogP contribution is -2.48. The van der Waals surface area contributed by atoms with Gasteiger partial charge in [0.05, 0.1) is 10.4 Å². The first kappa shape index (κ1) is 21.7. The minimum atomic E-state index is -3.63. The molecule has 0 spiro atoms. The Morgan fingerprint density at radius 1 is 0.897 bits per heavy atom. The molecule has 0 atom stereocenters. The molecule has 1 fully saturated rings. The van der Waals surface area contributed by atoms with Crippen molar-refractivity contribution in [2.24, 2.45) is 0 Å². The zero-order valence-electron chi connectivity index (χ0n) is 17.1. The van der Waals surface area contributed by atoms with Crippen LogP contribution in [-0.2, 0) is 10.0 Å². The average Bonchev–Trinajstić information content (AvgIpc) is 3.13. The highest BCUT2D eigenvalue weighted by Gasteiger charge is 2.24. The molecule has 1 aromatic heterocycles. The van der Waals surface area contributed by atoms with Crippen molar-refractivity contribution in [2.45, 2.75) is 31.7 Å². The first-order chi connectivity index (χ1) is 13.4. The van der Waals surface area contributed by atoms with Crippen molar-refractivity contribution < 1.29 is 8.42 Å². The number of anilines is 1. The quantitative estimate of drug-likeness (QED) is 0.620. The monoisotopic (exact) mass is 433 g/mol. The predicted molar refractivity (Wildman–Crippen MR) is 122 cm³/mol. The first-order valence-corrected chi connectivity index (χ1v) is 11.2. The summed E-state index contributed by atoms with van der Waals surface area (Å²) in [7, 11) is -3.63. The van der Waals surface area contributed by atoms with Crippen LogP contribution in [0.4, 0.5) is 5.69 Å². The van der Waals surface area contributed by atoms with Crippen LogP contribution in [0, 0.1) is 6.92 Å². The molecule has 0 unspecified atom stereocenters. The standard InChI is InChI=1S/C22H27N3O2S.ClH/c1-17(2)23-13-15-24(16-14-23)20-8-6-9-21-19(20)11-12-25(21)28(26,27)22-10-5-4-7-18(22)3;/h4-12,17H,13-16H2,1-3H3;1H. The number of hydrogen-bond acceptors (Lipinski definition) is 4. The van der Waals surface area contributed by atoms with Crippen molar-refractivity contribution in [2.75, 3.05) is 31.1 Å². The van der Waals surface area contributed by atoms with E-state index in [-0.39, 0.29) is 12.4 Å². The summed E-state index contributed by atoms with van der Waals surface area (Å²) in [6.07, 6.45) is 1.68. The molecule has 1 aliphatic heterocycles. The van der Waals surface area contributed by atoms with Gasteiger partial charge >= 0.3 is 0 Å². The maximum absolute atomic E-state index is 13.3. The Kier molecular flexibility index (Phi) is 6.27. The molecule has 0 amide bonds. The highest BCUT2D eigenvalue weighted by atomic mass is 35.5. The lowest BCUT2D eigenvalue weighted by molar-refractivity contribution is 0.209. The molecule has 7 heteroatoms. The molecule has 29 heavy (non-hydrogen) atoms. The summed E-state index contributed by atoms with van der Waals surface area (Å²) in [5.74, 6) is 0. The Bertz CT molecular complexity index is 1100. The molecule has 0 saturated carbocycles. The summed E-state index contributed by atoms with van der Waals surface area (Å²) in [6, 6.07) is 15.5. The van der Waals surface area contributed by atoms with E-state index in [1.54, 1.807) is 18.3 Å². The van der Waals surface area contributed by atoms with E-state index in [0.717, 1.165) is 48.3 Å². The molecule has 1 aliphatic rings. The van der Waals surface area contributed by atoms with Crippen LogP contribution in [0.3, 0.4) is 0 Å². The fourth-order valence-corrected chi connectivity index (χ4v) is 5.62. The highest BCUT2D eigenvalue weighted by Crippen LogP contribution is 2.31. The molecule has 2 heterocycles. The van der Waals surface area contributed by atoms with E-state index in [4.69, 9.17) is 0 Å². The van der Waals surface area contributed by atoms with Crippen molar-refractivity contribution >= 4 is 39.0 Å². The van der Waals surface area contributed by atoms with Crippen molar-refractivity contribution in [1.29, 1.82) is 0 Å². The maximum Gasteiger partial charge on any atom is 0.268 e. The second-order valence-electron chi connectivity index (χ2n) is 7.71. The Morgan fingerprint density at radius 2 is 1.59 bits per heavy atom. The van der Waals surface area contributed by atoms with Gasteiger partial charge in [0, 0.05) is 49.5 Å². The number of nitrogens with zero attached hydrogens (tertiary/aromatic N) is 3. The molecule has 2 aromatic carbocycles. The molecule has 156 valence electrons. The number of aryl methyl sites for hydroxylation is 1. The molecular formula is C22H28ClN3O2S. The van der Waals surface area contributed by atoms with Crippen LogP contribution in [0.15, 0.2) is 59.6 Å². The van der Waals surface area contributed by atoms with Crippen LogP contribution in [-0.4, -0.2) is 49.5 Å². The minimum absolute atomic E-state index is 0. The van der Waals surface area contributed by atoms with Gasteiger partial charge in [-0.1, -0.05) is 24.3 Å². The molecule has 0 N–H and O–H groups in total. The molecule has 0 radical (unpaired) electrons. The second-order valence-corrected chi connectivity index (χ2v) is 9.49. The number of halogens is 1. The average molecular weight is 434 g/mol. The Morgan fingerprint density at radius 3 is 2.24 bits per heavy atom. The molecule has 0 bridgehead atoms. The van der Waals surface area contributed by atoms with Gasteiger partial charge in [0.15, 0.2) is 0 Å². The van der Waals surface area contributed by atoms with Crippen molar-refractivity contribution in [1.82, 2.24) is 8.87 Å². The zero-order chi connectivity index (χ0) is 19.9. The highest BCUT2D eigenvalue weighted by molar-refractivity contribution is 7.90. The second kappa shape index (κ2) is 8.38. The van der Waals surface area contributed by atoms with Gasteiger partial charge < -0.3 is 4.90 Å². The summed E-state index contributed by atoms with van der Waals surface area (Å²) >= 11 is 0. The summed E-state index contributed by atoms with van der Waals surface area (Å²) < 4.78 is 28.0. The molecule has 5 nitrogen and oxygen atoms in total. The fourth-order valence-electron chi connectivity index (χ4n) is 4.04. The smallest absolute Gasteiger partial charge is 0.268 e. The van der Waals surface area contributed by atoms with Gasteiger partial charge in [0.25, 0.3) is 10.0 Å². The molecule has 0 aliphatic carbocycles. The summed E-state index contributed by atoms with van der Waals surface area (Å²) in [6.45, 7) is 10.2. The van der Waals surface area contributed by atoms with E-state index >= 15 is 0 Å². The lowest BCUT2D eigenvalue weighted by Gasteiger charge is -2.38. The third-order valence-corrected chi connectivity index (χ3v) is 7.54. The van der Waals surface area contributed by atoms with Crippen LogP contribution in [0.2, 0.25) is 0 Å². The van der Waals surface area contributed by atoms with Crippen LogP contribution in [0.1, 0.15) is 19.4 Å². The molecule has 1 saturated heterocycles. The van der Waals surface area contributed by atoms with E-state index in [1.807, 2.05) is 37.3 Å². The van der Waals surface area contributed by atoms with Crippen molar-refractivity contribution in [3.63, 3.8) is 0 Å². The van der Waals surface area contributed by atoms with Gasteiger partial charge in [0.1, 0.15) is 0 Å². The number of benzene rings is 2. The lowest BCUT2D eigenvalue weighted by atomic mass is 10.1. The van der Waals surface area contributed by atoms with Gasteiger partial charge in [-0.05, 0) is 50.6 Å². The molecule has 4 rings (SSSR count). The zero-order valence-corrected chi connectivity index (χ0v) is 18.7. The number of hydrogen-bond donors (Lipinski definition) is 0. The van der Waals surface area contributed by atoms with Crippen LogP contribution >= 0.6 is 12.4 Å². The minimum Gasteiger partial charge on any atom is -0.368 e. The Labute approximate surface area is 179 Å². The van der Waals surface area contributed by atoms with E-state index < -0.39 is 10.0 Å². The molecular weight excluding hydrogens is 406 g/mol. The maximum atomic E-state index is 13.3. The third-order valence-electron chi connectivity index (χ3n) is 5.69. The van der Waals surface area contributed by atoms with Crippen LogP contribution in [0.25, 0.3) is 10.9 Å². The number of piperazine rings is 1. The number of aromatic nitrogens is 1.